The van der Waals surface area contributed by atoms with Gasteiger partial charge in [0.05, 0.1) is 0 Å². The molecule has 5 nitrogen and oxygen atoms in total. The fourth-order valence-electron chi connectivity index (χ4n) is 0.820. The normalized spacial score (nSPS) is 8.21. The van der Waals surface area contributed by atoms with E-state index in [1.165, 1.54) is 13.2 Å². The van der Waals surface area contributed by atoms with Crippen LogP contribution in [0, 0.1) is 0 Å². The third-order valence-electron chi connectivity index (χ3n) is 1.51. The van der Waals surface area contributed by atoms with Crippen LogP contribution < -0.4 is 11.2 Å². The Bertz CT molecular complexity index is 316. The molecule has 1 aromatic carbocycles. The van der Waals surface area contributed by atoms with E-state index in [4.69, 9.17) is 13.6 Å². The zero-order valence-corrected chi connectivity index (χ0v) is 7.60. The zero-order chi connectivity index (χ0) is 9.14. The molecule has 6 heteroatoms. The summed E-state index contributed by atoms with van der Waals surface area (Å²) in [4.78, 5) is 11.0. The van der Waals surface area contributed by atoms with Crippen LogP contribution >= 0.6 is 0 Å². The van der Waals surface area contributed by atoms with Gasteiger partial charge in [-0.05, 0) is 0 Å². The molecule has 0 amide bonds. The van der Waals surface area contributed by atoms with E-state index >= 15 is 0 Å². The van der Waals surface area contributed by atoms with Crippen molar-refractivity contribution in [1.29, 1.82) is 0 Å². The Balaban J connectivity index is 0. The summed E-state index contributed by atoms with van der Waals surface area (Å²) in [5.41, 5.74) is 6.71. The molecule has 0 aliphatic carbocycles. The van der Waals surface area contributed by atoms with Crippen molar-refractivity contribution in [3.63, 3.8) is 0 Å². The first-order valence-corrected chi connectivity index (χ1v) is 3.38. The molecular weight excluding hydrogens is 185 g/mol. The van der Waals surface area contributed by atoms with Gasteiger partial charge in [-0.15, -0.1) is 0 Å². The number of hydrogen-bond donors (Lipinski definition) is 1. The van der Waals surface area contributed by atoms with E-state index in [1.54, 1.807) is 12.1 Å². The van der Waals surface area contributed by atoms with Gasteiger partial charge < -0.3 is 11.0 Å². The third kappa shape index (κ3) is 3.08. The number of esters is 1. The smallest absolute Gasteiger partial charge is 0.870 e. The monoisotopic (exact) mass is 195 g/mol. The Kier molecular flexibility index (Phi) is 6.43. The van der Waals surface area contributed by atoms with Gasteiger partial charge in [-0.2, -0.15) is 0 Å². The van der Waals surface area contributed by atoms with Crippen LogP contribution in [0.2, 0.25) is 0 Å². The molecule has 0 bridgehead atoms. The van der Waals surface area contributed by atoms with Gasteiger partial charge in [0.1, 0.15) is 0 Å². The first kappa shape index (κ1) is 15.0. The van der Waals surface area contributed by atoms with Crippen LogP contribution in [-0.4, -0.2) is 31.9 Å². The van der Waals surface area contributed by atoms with Crippen LogP contribution in [0.5, 0.6) is 0 Å². The molecule has 0 aliphatic rings. The van der Waals surface area contributed by atoms with E-state index in [2.05, 4.69) is 4.74 Å². The summed E-state index contributed by atoms with van der Waals surface area (Å²) < 4.78 is 4.50. The van der Waals surface area contributed by atoms with E-state index in [9.17, 15) is 4.79 Å². The molecule has 0 spiro atoms. The average molecular weight is 195 g/mol. The van der Waals surface area contributed by atoms with Crippen molar-refractivity contribution in [2.24, 2.45) is 0 Å². The van der Waals surface area contributed by atoms with Crippen molar-refractivity contribution >= 4 is 25.0 Å². The Morgan fingerprint density at radius 3 is 2.43 bits per heavy atom. The Hall–Kier alpha value is -1.53. The first-order valence-electron chi connectivity index (χ1n) is 3.38. The largest absolute Gasteiger partial charge is 0.870 e. The molecule has 0 atom stereocenters. The van der Waals surface area contributed by atoms with Crippen LogP contribution in [0.3, 0.4) is 0 Å². The number of nitrogen functional groups attached to an aromatic ring is 1. The molecule has 0 saturated carbocycles. The van der Waals surface area contributed by atoms with Crippen molar-refractivity contribution in [2.75, 3.05) is 12.8 Å². The summed E-state index contributed by atoms with van der Waals surface area (Å²) >= 11 is 0. The number of methoxy groups -OCH3 is 1. The number of carbonyl (C=O) groups excluding carboxylic acids is 1. The molecule has 0 aliphatic heterocycles. The van der Waals surface area contributed by atoms with Crippen molar-refractivity contribution in [1.82, 2.24) is 0 Å². The number of carbonyl (C=O) groups is 1. The number of nitrogens with two attached hydrogens (primary N) is 1. The predicted molar refractivity (Wildman–Crippen MR) is 51.5 cm³/mol. The molecule has 0 fully saturated rings. The Labute approximate surface area is 82.9 Å². The molecule has 74 valence electrons. The van der Waals surface area contributed by atoms with Crippen molar-refractivity contribution in [2.45, 2.75) is 0 Å². The number of benzene rings is 1. The maximum absolute atomic E-state index is 11.0. The van der Waals surface area contributed by atoms with E-state index in [1.807, 2.05) is 0 Å². The van der Waals surface area contributed by atoms with Gasteiger partial charge in [0.25, 0.3) is 0 Å². The minimum atomic E-state index is -0.415. The standard InChI is InChI=1S/C8H8BNO2.2H2O/c1-12-8(11)5-2-3-7(10)6(9)4-5;;/h2-4H,10H2,1H3;2*1H2/q+2;;/p-2. The topological polar surface area (TPSA) is 112 Å². The van der Waals surface area contributed by atoms with Gasteiger partial charge in [0.15, 0.2) is 0 Å². The van der Waals surface area contributed by atoms with Crippen LogP contribution in [0.25, 0.3) is 0 Å². The Morgan fingerprint density at radius 2 is 2.00 bits per heavy atom. The van der Waals surface area contributed by atoms with Gasteiger partial charge in [0, 0.05) is 0 Å². The summed E-state index contributed by atoms with van der Waals surface area (Å²) in [6.07, 6.45) is 0. The van der Waals surface area contributed by atoms with Crippen LogP contribution in [0.15, 0.2) is 18.2 Å². The molecule has 0 aromatic heterocycles. The quantitative estimate of drug-likeness (QED) is 0.368. The summed E-state index contributed by atoms with van der Waals surface area (Å²) in [6, 6.07) is 4.63. The van der Waals surface area contributed by atoms with Crippen LogP contribution in [0.4, 0.5) is 5.69 Å². The minimum absolute atomic E-state index is 0. The fraction of sp³-hybridized carbons (Fsp3) is 0.125. The molecule has 0 radical (unpaired) electrons. The fourth-order valence-corrected chi connectivity index (χ4v) is 0.820. The zero-order valence-electron chi connectivity index (χ0n) is 7.60. The minimum Gasteiger partial charge on any atom is -0.870 e. The second-order valence-corrected chi connectivity index (χ2v) is 2.34. The molecule has 1 aromatic rings. The summed E-state index contributed by atoms with van der Waals surface area (Å²) in [6.45, 7) is 0. The molecular formula is C8H10BNO4. The van der Waals surface area contributed by atoms with E-state index < -0.39 is 5.97 Å². The maximum atomic E-state index is 11.0. The maximum Gasteiger partial charge on any atom is -0.870 e. The van der Waals surface area contributed by atoms with E-state index in [-0.39, 0.29) is 11.0 Å². The van der Waals surface area contributed by atoms with E-state index in [0.717, 1.165) is 0 Å². The summed E-state index contributed by atoms with van der Waals surface area (Å²) in [7, 11) is 6.79. The molecule has 0 unspecified atom stereocenters. The molecule has 0 saturated heterocycles. The van der Waals surface area contributed by atoms with Crippen LogP contribution in [-0.2, 0) is 4.74 Å². The van der Waals surface area contributed by atoms with Gasteiger partial charge >= 0.3 is 71.1 Å². The Morgan fingerprint density at radius 1 is 1.43 bits per heavy atom. The molecule has 4 N–H and O–H groups in total. The average Bonchev–Trinajstić information content (AvgIpc) is 2.08. The van der Waals surface area contributed by atoms with Crippen molar-refractivity contribution < 1.29 is 20.5 Å². The number of anilines is 1. The van der Waals surface area contributed by atoms with Gasteiger partial charge in [-0.1, -0.05) is 0 Å². The van der Waals surface area contributed by atoms with Crippen molar-refractivity contribution in [3.05, 3.63) is 23.8 Å². The predicted octanol–water partition coefficient (Wildman–Crippen LogP) is -0.504. The third-order valence-corrected chi connectivity index (χ3v) is 1.51. The van der Waals surface area contributed by atoms with Gasteiger partial charge in [-0.25, -0.2) is 0 Å². The van der Waals surface area contributed by atoms with Crippen LogP contribution in [0.1, 0.15) is 10.4 Å². The molecule has 0 heterocycles. The molecule has 14 heavy (non-hydrogen) atoms. The molecule has 1 rings (SSSR count). The summed E-state index contributed by atoms with van der Waals surface area (Å²) in [5.74, 6) is -0.415. The van der Waals surface area contributed by atoms with Crippen molar-refractivity contribution in [3.8, 4) is 0 Å². The first-order chi connectivity index (χ1) is 5.65. The number of hydrogen-bond acceptors (Lipinski definition) is 5. The second-order valence-electron chi connectivity index (χ2n) is 2.34. The van der Waals surface area contributed by atoms with Gasteiger partial charge in [0.2, 0.25) is 0 Å². The number of rotatable bonds is 1. The van der Waals surface area contributed by atoms with E-state index in [0.29, 0.717) is 16.7 Å². The van der Waals surface area contributed by atoms with Gasteiger partial charge in [-0.3, -0.25) is 0 Å². The SMILES string of the molecule is [B+2]c1cc(C(=O)OC)ccc1N.[OH-].[OH-]. The number of ether oxygens (including phenoxy) is 1. The second kappa shape index (κ2) is 6.01. The summed E-state index contributed by atoms with van der Waals surface area (Å²) in [5, 5.41) is 0.